The second-order valence-electron chi connectivity index (χ2n) is 5.84. The lowest BCUT2D eigenvalue weighted by molar-refractivity contribution is 0.0598. The number of amides is 1. The van der Waals surface area contributed by atoms with Crippen LogP contribution in [0.5, 0.6) is 0 Å². The van der Waals surface area contributed by atoms with Crippen LogP contribution < -0.4 is 5.32 Å². The molecule has 122 valence electrons. The van der Waals surface area contributed by atoms with Gasteiger partial charge in [-0.05, 0) is 31.7 Å². The van der Waals surface area contributed by atoms with Crippen LogP contribution in [-0.4, -0.2) is 44.7 Å². The van der Waals surface area contributed by atoms with Crippen LogP contribution in [-0.2, 0) is 11.8 Å². The van der Waals surface area contributed by atoms with E-state index in [1.54, 1.807) is 31.9 Å². The normalized spacial score (nSPS) is 21.1. The molecule has 0 radical (unpaired) electrons. The SMILES string of the molecule is CO[C@H]1CC[C@H](NC(=O)c2ccnc(-c3cncn3C)n2)CC1. The van der Waals surface area contributed by atoms with E-state index in [0.717, 1.165) is 31.4 Å². The summed E-state index contributed by atoms with van der Waals surface area (Å²) in [5.74, 6) is 0.345. The highest BCUT2D eigenvalue weighted by Gasteiger charge is 2.23. The van der Waals surface area contributed by atoms with Crippen molar-refractivity contribution >= 4 is 5.91 Å². The number of carbonyl (C=O) groups is 1. The number of ether oxygens (including phenoxy) is 1. The molecule has 23 heavy (non-hydrogen) atoms. The highest BCUT2D eigenvalue weighted by atomic mass is 16.5. The van der Waals surface area contributed by atoms with E-state index in [4.69, 9.17) is 4.74 Å². The maximum absolute atomic E-state index is 12.4. The van der Waals surface area contributed by atoms with Crippen LogP contribution in [0.15, 0.2) is 24.8 Å². The van der Waals surface area contributed by atoms with Crippen molar-refractivity contribution in [3.63, 3.8) is 0 Å². The number of rotatable bonds is 4. The Balaban J connectivity index is 1.67. The van der Waals surface area contributed by atoms with Crippen molar-refractivity contribution in [3.05, 3.63) is 30.5 Å². The van der Waals surface area contributed by atoms with Gasteiger partial charge in [-0.3, -0.25) is 4.79 Å². The zero-order valence-corrected chi connectivity index (χ0v) is 13.4. The Morgan fingerprint density at radius 3 is 2.78 bits per heavy atom. The molecule has 1 N–H and O–H groups in total. The van der Waals surface area contributed by atoms with Crippen molar-refractivity contribution in [1.29, 1.82) is 0 Å². The largest absolute Gasteiger partial charge is 0.381 e. The molecule has 2 aromatic heterocycles. The van der Waals surface area contributed by atoms with Crippen LogP contribution >= 0.6 is 0 Å². The molecular formula is C16H21N5O2. The zero-order valence-electron chi connectivity index (χ0n) is 13.4. The van der Waals surface area contributed by atoms with E-state index in [1.807, 2.05) is 11.6 Å². The van der Waals surface area contributed by atoms with Gasteiger partial charge in [0.2, 0.25) is 0 Å². The van der Waals surface area contributed by atoms with Gasteiger partial charge in [-0.25, -0.2) is 15.0 Å². The van der Waals surface area contributed by atoms with Crippen molar-refractivity contribution in [1.82, 2.24) is 24.8 Å². The van der Waals surface area contributed by atoms with Gasteiger partial charge in [0.05, 0.1) is 18.6 Å². The molecule has 0 atom stereocenters. The molecule has 0 spiro atoms. The molecule has 0 saturated heterocycles. The standard InChI is InChI=1S/C16H21N5O2/c1-21-10-17-9-14(21)15-18-8-7-13(20-15)16(22)19-11-3-5-12(23-2)6-4-11/h7-12H,3-6H2,1-2H3,(H,19,22)/t11-,12-. The third-order valence-corrected chi connectivity index (χ3v) is 4.28. The Labute approximate surface area is 135 Å². The molecule has 2 aromatic rings. The molecule has 1 saturated carbocycles. The van der Waals surface area contributed by atoms with E-state index in [-0.39, 0.29) is 11.9 Å². The molecule has 7 nitrogen and oxygen atoms in total. The second kappa shape index (κ2) is 6.87. The first-order valence-corrected chi connectivity index (χ1v) is 7.80. The average Bonchev–Trinajstić information content (AvgIpc) is 3.02. The van der Waals surface area contributed by atoms with Gasteiger partial charge in [0.25, 0.3) is 5.91 Å². The quantitative estimate of drug-likeness (QED) is 0.926. The van der Waals surface area contributed by atoms with E-state index >= 15 is 0 Å². The van der Waals surface area contributed by atoms with Gasteiger partial charge in [-0.2, -0.15) is 0 Å². The zero-order chi connectivity index (χ0) is 16.2. The Morgan fingerprint density at radius 1 is 1.35 bits per heavy atom. The minimum absolute atomic E-state index is 0.156. The number of hydrogen-bond donors (Lipinski definition) is 1. The monoisotopic (exact) mass is 315 g/mol. The molecule has 0 aliphatic heterocycles. The van der Waals surface area contributed by atoms with Crippen LogP contribution in [0.2, 0.25) is 0 Å². The van der Waals surface area contributed by atoms with E-state index in [1.165, 1.54) is 0 Å². The van der Waals surface area contributed by atoms with Crippen molar-refractivity contribution in [2.75, 3.05) is 7.11 Å². The van der Waals surface area contributed by atoms with Gasteiger partial charge in [0.15, 0.2) is 5.82 Å². The fourth-order valence-electron chi connectivity index (χ4n) is 2.88. The molecule has 1 aliphatic rings. The van der Waals surface area contributed by atoms with Gasteiger partial charge in [0, 0.05) is 26.4 Å². The first kappa shape index (κ1) is 15.6. The lowest BCUT2D eigenvalue weighted by Crippen LogP contribution is -2.39. The van der Waals surface area contributed by atoms with Crippen LogP contribution in [0.25, 0.3) is 11.5 Å². The highest BCUT2D eigenvalue weighted by molar-refractivity contribution is 5.92. The fraction of sp³-hybridized carbons (Fsp3) is 0.500. The molecule has 1 amide bonds. The number of carbonyl (C=O) groups excluding carboxylic acids is 1. The third kappa shape index (κ3) is 3.56. The molecule has 1 aliphatic carbocycles. The van der Waals surface area contributed by atoms with E-state index in [0.29, 0.717) is 17.6 Å². The molecule has 1 fully saturated rings. The van der Waals surface area contributed by atoms with Crippen LogP contribution in [0, 0.1) is 0 Å². The van der Waals surface area contributed by atoms with Crippen LogP contribution in [0.4, 0.5) is 0 Å². The second-order valence-corrected chi connectivity index (χ2v) is 5.84. The number of nitrogens with one attached hydrogen (secondary N) is 1. The summed E-state index contributed by atoms with van der Waals surface area (Å²) < 4.78 is 7.18. The van der Waals surface area contributed by atoms with E-state index in [9.17, 15) is 4.79 Å². The Bertz CT molecular complexity index is 677. The summed E-state index contributed by atoms with van der Waals surface area (Å²) in [5, 5.41) is 3.06. The lowest BCUT2D eigenvalue weighted by atomic mass is 9.93. The summed E-state index contributed by atoms with van der Waals surface area (Å²) in [6, 6.07) is 1.82. The summed E-state index contributed by atoms with van der Waals surface area (Å²) >= 11 is 0. The number of nitrogens with zero attached hydrogens (tertiary/aromatic N) is 4. The predicted octanol–water partition coefficient (Wildman–Crippen LogP) is 1.56. The molecule has 0 aromatic carbocycles. The van der Waals surface area contributed by atoms with Crippen molar-refractivity contribution in [3.8, 4) is 11.5 Å². The van der Waals surface area contributed by atoms with Crippen LogP contribution in [0.3, 0.4) is 0 Å². The van der Waals surface area contributed by atoms with Crippen molar-refractivity contribution < 1.29 is 9.53 Å². The Hall–Kier alpha value is -2.28. The maximum Gasteiger partial charge on any atom is 0.270 e. The molecule has 0 unspecified atom stereocenters. The van der Waals surface area contributed by atoms with E-state index in [2.05, 4.69) is 20.3 Å². The number of aromatic nitrogens is 4. The van der Waals surface area contributed by atoms with E-state index < -0.39 is 0 Å². The van der Waals surface area contributed by atoms with Gasteiger partial charge in [0.1, 0.15) is 11.4 Å². The third-order valence-electron chi connectivity index (χ3n) is 4.28. The minimum atomic E-state index is -0.156. The number of methoxy groups -OCH3 is 1. The van der Waals surface area contributed by atoms with Crippen molar-refractivity contribution in [2.45, 2.75) is 37.8 Å². The highest BCUT2D eigenvalue weighted by Crippen LogP contribution is 2.21. The molecule has 7 heteroatoms. The summed E-state index contributed by atoms with van der Waals surface area (Å²) in [7, 11) is 3.61. The van der Waals surface area contributed by atoms with Gasteiger partial charge < -0.3 is 14.6 Å². The minimum Gasteiger partial charge on any atom is -0.381 e. The Kier molecular flexibility index (Phi) is 4.66. The lowest BCUT2D eigenvalue weighted by Gasteiger charge is -2.28. The number of hydrogen-bond acceptors (Lipinski definition) is 5. The molecule has 3 rings (SSSR count). The number of aryl methyl sites for hydroxylation is 1. The molecule has 2 heterocycles. The first-order chi connectivity index (χ1) is 11.2. The summed E-state index contributed by atoms with van der Waals surface area (Å²) in [6.45, 7) is 0. The first-order valence-electron chi connectivity index (χ1n) is 7.80. The predicted molar refractivity (Wildman–Crippen MR) is 84.8 cm³/mol. The van der Waals surface area contributed by atoms with Crippen molar-refractivity contribution in [2.24, 2.45) is 7.05 Å². The number of imidazole rings is 1. The van der Waals surface area contributed by atoms with Crippen LogP contribution in [0.1, 0.15) is 36.2 Å². The maximum atomic E-state index is 12.4. The molecule has 0 bridgehead atoms. The van der Waals surface area contributed by atoms with Gasteiger partial charge >= 0.3 is 0 Å². The Morgan fingerprint density at radius 2 is 2.13 bits per heavy atom. The summed E-state index contributed by atoms with van der Waals surface area (Å²) in [4.78, 5) is 25.1. The van der Waals surface area contributed by atoms with Gasteiger partial charge in [-0.15, -0.1) is 0 Å². The summed E-state index contributed by atoms with van der Waals surface area (Å²) in [5.41, 5.74) is 1.16. The fourth-order valence-corrected chi connectivity index (χ4v) is 2.88. The topological polar surface area (TPSA) is 81.9 Å². The molecular weight excluding hydrogens is 294 g/mol. The summed E-state index contributed by atoms with van der Waals surface area (Å²) in [6.07, 6.45) is 9.11. The average molecular weight is 315 g/mol. The van der Waals surface area contributed by atoms with Gasteiger partial charge in [-0.1, -0.05) is 0 Å². The smallest absolute Gasteiger partial charge is 0.270 e.